The van der Waals surface area contributed by atoms with Crippen LogP contribution in [0.5, 0.6) is 0 Å². The highest BCUT2D eigenvalue weighted by Crippen LogP contribution is 2.19. The standard InChI is InChI=1S/C7H8BrFN2.ClH/c1-4(10)7-6(8)2-5(9)3-11-7;/h2-4H,10H2,1H3;1H/t4-;/m1./s1. The van der Waals surface area contributed by atoms with Crippen LogP contribution in [0.15, 0.2) is 16.7 Å². The topological polar surface area (TPSA) is 38.9 Å². The number of nitrogens with two attached hydrogens (primary N) is 1. The maximum absolute atomic E-state index is 12.5. The lowest BCUT2D eigenvalue weighted by atomic mass is 10.2. The Morgan fingerprint density at radius 2 is 2.25 bits per heavy atom. The molecule has 1 aromatic heterocycles. The van der Waals surface area contributed by atoms with E-state index in [0.717, 1.165) is 6.20 Å². The minimum Gasteiger partial charge on any atom is -0.323 e. The van der Waals surface area contributed by atoms with Gasteiger partial charge in [0.15, 0.2) is 0 Å². The van der Waals surface area contributed by atoms with Crippen LogP contribution in [0, 0.1) is 5.82 Å². The van der Waals surface area contributed by atoms with Crippen molar-refractivity contribution >= 4 is 28.3 Å². The van der Waals surface area contributed by atoms with Crippen molar-refractivity contribution in [2.75, 3.05) is 0 Å². The lowest BCUT2D eigenvalue weighted by Gasteiger charge is -2.05. The van der Waals surface area contributed by atoms with Crippen LogP contribution in [-0.4, -0.2) is 4.98 Å². The molecule has 2 nitrogen and oxygen atoms in total. The summed E-state index contributed by atoms with van der Waals surface area (Å²) in [6, 6.07) is 1.18. The molecule has 0 aliphatic rings. The minimum absolute atomic E-state index is 0. The Kier molecular flexibility index (Phi) is 4.67. The summed E-state index contributed by atoms with van der Waals surface area (Å²) < 4.78 is 13.1. The van der Waals surface area contributed by atoms with Crippen molar-refractivity contribution in [2.45, 2.75) is 13.0 Å². The number of nitrogens with zero attached hydrogens (tertiary/aromatic N) is 1. The number of hydrogen-bond acceptors (Lipinski definition) is 2. The molecule has 0 aliphatic carbocycles. The molecule has 0 fully saturated rings. The van der Waals surface area contributed by atoms with Crippen LogP contribution in [0.4, 0.5) is 4.39 Å². The normalized spacial score (nSPS) is 12.0. The molecule has 0 amide bonds. The summed E-state index contributed by atoms with van der Waals surface area (Å²) in [4.78, 5) is 3.83. The van der Waals surface area contributed by atoms with Gasteiger partial charge in [-0.3, -0.25) is 4.98 Å². The fourth-order valence-electron chi connectivity index (χ4n) is 0.760. The van der Waals surface area contributed by atoms with E-state index in [1.165, 1.54) is 6.07 Å². The fourth-order valence-corrected chi connectivity index (χ4v) is 1.44. The van der Waals surface area contributed by atoms with Crippen LogP contribution in [0.1, 0.15) is 18.7 Å². The van der Waals surface area contributed by atoms with Gasteiger partial charge < -0.3 is 5.73 Å². The monoisotopic (exact) mass is 254 g/mol. The number of pyridine rings is 1. The molecule has 5 heteroatoms. The average molecular weight is 256 g/mol. The van der Waals surface area contributed by atoms with Gasteiger partial charge in [-0.25, -0.2) is 4.39 Å². The van der Waals surface area contributed by atoms with Crippen molar-refractivity contribution in [3.8, 4) is 0 Å². The molecule has 0 spiro atoms. The summed E-state index contributed by atoms with van der Waals surface area (Å²) in [5.74, 6) is -0.360. The van der Waals surface area contributed by atoms with E-state index in [2.05, 4.69) is 20.9 Å². The quantitative estimate of drug-likeness (QED) is 0.837. The second-order valence-electron chi connectivity index (χ2n) is 2.31. The van der Waals surface area contributed by atoms with Crippen molar-refractivity contribution in [2.24, 2.45) is 5.73 Å². The molecule has 0 saturated carbocycles. The first kappa shape index (κ1) is 11.8. The molecule has 1 rings (SSSR count). The first-order valence-corrected chi connectivity index (χ1v) is 3.97. The summed E-state index contributed by atoms with van der Waals surface area (Å²) in [5.41, 5.74) is 6.22. The zero-order valence-corrected chi connectivity index (χ0v) is 8.82. The van der Waals surface area contributed by atoms with E-state index in [1.807, 2.05) is 0 Å². The SMILES string of the molecule is C[C@@H](N)c1ncc(F)cc1Br.Cl. The summed E-state index contributed by atoms with van der Waals surface area (Å²) in [6.45, 7) is 1.80. The van der Waals surface area contributed by atoms with Crippen LogP contribution < -0.4 is 5.73 Å². The molecule has 0 bridgehead atoms. The van der Waals surface area contributed by atoms with Crippen LogP contribution in [0.2, 0.25) is 0 Å². The Morgan fingerprint density at radius 1 is 1.67 bits per heavy atom. The van der Waals surface area contributed by atoms with Gasteiger partial charge in [0, 0.05) is 10.5 Å². The highest BCUT2D eigenvalue weighted by Gasteiger charge is 2.06. The van der Waals surface area contributed by atoms with E-state index in [4.69, 9.17) is 5.73 Å². The predicted molar refractivity (Wildman–Crippen MR) is 51.7 cm³/mol. The van der Waals surface area contributed by atoms with Gasteiger partial charge in [-0.1, -0.05) is 0 Å². The lowest BCUT2D eigenvalue weighted by Crippen LogP contribution is -2.08. The van der Waals surface area contributed by atoms with Crippen molar-refractivity contribution in [3.63, 3.8) is 0 Å². The molecule has 1 aromatic rings. The first-order valence-electron chi connectivity index (χ1n) is 3.18. The molecule has 0 saturated heterocycles. The third-order valence-electron chi connectivity index (χ3n) is 1.27. The van der Waals surface area contributed by atoms with E-state index in [1.54, 1.807) is 6.92 Å². The molecule has 68 valence electrons. The third-order valence-corrected chi connectivity index (χ3v) is 1.90. The van der Waals surface area contributed by atoms with E-state index in [0.29, 0.717) is 10.2 Å². The predicted octanol–water partition coefficient (Wildman–Crippen LogP) is 2.42. The maximum atomic E-state index is 12.5. The van der Waals surface area contributed by atoms with Gasteiger partial charge in [-0.2, -0.15) is 0 Å². The molecule has 1 heterocycles. The van der Waals surface area contributed by atoms with Gasteiger partial charge in [0.2, 0.25) is 0 Å². The Morgan fingerprint density at radius 3 is 2.67 bits per heavy atom. The van der Waals surface area contributed by atoms with E-state index in [9.17, 15) is 4.39 Å². The van der Waals surface area contributed by atoms with Crippen molar-refractivity contribution in [1.29, 1.82) is 0 Å². The highest BCUT2D eigenvalue weighted by molar-refractivity contribution is 9.10. The molecule has 2 N–H and O–H groups in total. The second-order valence-corrected chi connectivity index (χ2v) is 3.16. The number of hydrogen-bond donors (Lipinski definition) is 1. The number of aromatic nitrogens is 1. The number of halogens is 3. The Bertz CT molecular complexity index is 268. The molecule has 0 radical (unpaired) electrons. The molecule has 1 atom stereocenters. The van der Waals surface area contributed by atoms with E-state index < -0.39 is 0 Å². The van der Waals surface area contributed by atoms with Gasteiger partial charge in [-0.05, 0) is 28.9 Å². The van der Waals surface area contributed by atoms with Gasteiger partial charge in [0.1, 0.15) is 5.82 Å². The summed E-state index contributed by atoms with van der Waals surface area (Å²) >= 11 is 3.17. The summed E-state index contributed by atoms with van der Waals surface area (Å²) in [6.07, 6.45) is 1.16. The Hall–Kier alpha value is -0.190. The fraction of sp³-hybridized carbons (Fsp3) is 0.286. The lowest BCUT2D eigenvalue weighted by molar-refractivity contribution is 0.614. The molecule has 12 heavy (non-hydrogen) atoms. The Balaban J connectivity index is 0.00000121. The van der Waals surface area contributed by atoms with Gasteiger partial charge in [0.25, 0.3) is 0 Å². The highest BCUT2D eigenvalue weighted by atomic mass is 79.9. The van der Waals surface area contributed by atoms with Gasteiger partial charge >= 0.3 is 0 Å². The Labute approximate surface area is 84.9 Å². The van der Waals surface area contributed by atoms with Gasteiger partial charge in [0.05, 0.1) is 11.9 Å². The largest absolute Gasteiger partial charge is 0.323 e. The smallest absolute Gasteiger partial charge is 0.142 e. The third kappa shape index (κ3) is 2.69. The van der Waals surface area contributed by atoms with Crippen molar-refractivity contribution in [3.05, 3.63) is 28.2 Å². The second kappa shape index (κ2) is 4.74. The minimum atomic E-state index is -0.360. The van der Waals surface area contributed by atoms with Crippen molar-refractivity contribution in [1.82, 2.24) is 4.98 Å². The molecular weight excluding hydrogens is 246 g/mol. The van der Waals surface area contributed by atoms with Crippen LogP contribution in [0.3, 0.4) is 0 Å². The van der Waals surface area contributed by atoms with E-state index in [-0.39, 0.29) is 24.3 Å². The summed E-state index contributed by atoms with van der Waals surface area (Å²) in [5, 5.41) is 0. The molecular formula is C7H9BrClFN2. The summed E-state index contributed by atoms with van der Waals surface area (Å²) in [7, 11) is 0. The average Bonchev–Trinajstić information content (AvgIpc) is 1.85. The first-order chi connectivity index (χ1) is 5.11. The molecule has 0 aromatic carbocycles. The van der Waals surface area contributed by atoms with Crippen LogP contribution in [0.25, 0.3) is 0 Å². The van der Waals surface area contributed by atoms with E-state index >= 15 is 0 Å². The maximum Gasteiger partial charge on any atom is 0.142 e. The van der Waals surface area contributed by atoms with Crippen molar-refractivity contribution < 1.29 is 4.39 Å². The molecule has 0 aliphatic heterocycles. The number of rotatable bonds is 1. The molecule has 0 unspecified atom stereocenters. The zero-order valence-electron chi connectivity index (χ0n) is 6.42. The zero-order chi connectivity index (χ0) is 8.43. The van der Waals surface area contributed by atoms with Gasteiger partial charge in [-0.15, -0.1) is 12.4 Å². The van der Waals surface area contributed by atoms with Crippen LogP contribution in [-0.2, 0) is 0 Å². The van der Waals surface area contributed by atoms with Crippen LogP contribution >= 0.6 is 28.3 Å².